The van der Waals surface area contributed by atoms with E-state index in [2.05, 4.69) is 9.98 Å². The van der Waals surface area contributed by atoms with Gasteiger partial charge in [0.25, 0.3) is 0 Å². The monoisotopic (exact) mass is 320 g/mol. The van der Waals surface area contributed by atoms with E-state index in [9.17, 15) is 5.11 Å². The van der Waals surface area contributed by atoms with Crippen LogP contribution < -0.4 is 0 Å². The summed E-state index contributed by atoms with van der Waals surface area (Å²) in [5.74, 6) is 0.171. The Kier molecular flexibility index (Phi) is 7.47. The Morgan fingerprint density at radius 3 is 2.39 bits per heavy atom. The van der Waals surface area contributed by atoms with Gasteiger partial charge in [-0.3, -0.25) is 9.98 Å². The fraction of sp³-hybridized carbons (Fsp3) is 0. The van der Waals surface area contributed by atoms with Crippen LogP contribution in [0.3, 0.4) is 0 Å². The third-order valence-corrected chi connectivity index (χ3v) is 1.91. The first-order chi connectivity index (χ1) is 8.77. The summed E-state index contributed by atoms with van der Waals surface area (Å²) in [7, 11) is 9.65. The molecular weight excluding hydrogens is 311 g/mol. The topological polar surface area (TPSA) is 45.5 Å². The number of hydrogen-bond acceptors (Lipinski definition) is 3. The summed E-state index contributed by atoms with van der Waals surface area (Å²) in [4.78, 5) is 8.23. The van der Waals surface area contributed by atoms with Crippen LogP contribution >= 0.6 is 20.1 Å². The molecule has 18 heavy (non-hydrogen) atoms. The normalized spacial score (nSPS) is 9.89. The van der Waals surface area contributed by atoms with E-state index in [1.54, 1.807) is 30.6 Å². The van der Waals surface area contributed by atoms with E-state index in [0.29, 0.717) is 5.69 Å². The fourth-order valence-corrected chi connectivity index (χ4v) is 1.16. The van der Waals surface area contributed by atoms with Crippen molar-refractivity contribution < 1.29 is 18.5 Å². The van der Waals surface area contributed by atoms with Gasteiger partial charge in [0.1, 0.15) is 11.4 Å². The van der Waals surface area contributed by atoms with Gasteiger partial charge in [0.05, 0.1) is 11.9 Å². The van der Waals surface area contributed by atoms with Crippen LogP contribution in [0.25, 0.3) is 0 Å². The summed E-state index contributed by atoms with van der Waals surface area (Å²) in [5, 5.41) is 9.45. The van der Waals surface area contributed by atoms with Gasteiger partial charge in [-0.1, -0.05) is 18.2 Å². The minimum atomic E-state index is -0.181. The third kappa shape index (κ3) is 5.53. The number of phenols is 1. The van der Waals surface area contributed by atoms with Crippen LogP contribution in [0.2, 0.25) is 0 Å². The average Bonchev–Trinajstić information content (AvgIpc) is 2.40. The second kappa shape index (κ2) is 8.96. The number of nitrogens with zero attached hydrogens (tertiary/aromatic N) is 2. The van der Waals surface area contributed by atoms with Crippen LogP contribution in [0, 0.1) is 0 Å². The molecular formula is C12H10Cl2CrN2O. The predicted octanol–water partition coefficient (Wildman–Crippen LogP) is 3.91. The molecule has 2 rings (SSSR count). The summed E-state index contributed by atoms with van der Waals surface area (Å²) in [6.45, 7) is 0. The fourth-order valence-electron chi connectivity index (χ4n) is 1.16. The summed E-state index contributed by atoms with van der Waals surface area (Å²) in [6, 6.07) is 12.5. The number of phenolic OH excluding ortho intramolecular Hbond substituents is 1. The first-order valence-electron chi connectivity index (χ1n) is 4.90. The summed E-state index contributed by atoms with van der Waals surface area (Å²) >= 11 is -0.181. The molecule has 0 fully saturated rings. The summed E-state index contributed by atoms with van der Waals surface area (Å²) in [6.07, 6.45) is 3.32. The van der Waals surface area contributed by atoms with Crippen molar-refractivity contribution in [3.63, 3.8) is 0 Å². The van der Waals surface area contributed by atoms with Gasteiger partial charge in [0.2, 0.25) is 0 Å². The first-order valence-corrected chi connectivity index (χ1v) is 8.41. The number of rotatable bonds is 2. The number of halogens is 2. The SMILES string of the molecule is Oc1ccccc1N=Cc1ccccn1.[Cl][Cr][Cl]. The van der Waals surface area contributed by atoms with Crippen molar-refractivity contribution in [2.75, 3.05) is 0 Å². The predicted molar refractivity (Wildman–Crippen MR) is 71.3 cm³/mol. The molecule has 1 aromatic heterocycles. The molecule has 0 saturated heterocycles. The van der Waals surface area contributed by atoms with Crippen molar-refractivity contribution in [2.24, 2.45) is 4.99 Å². The van der Waals surface area contributed by atoms with Gasteiger partial charge in [-0.15, -0.1) is 0 Å². The van der Waals surface area contributed by atoms with Gasteiger partial charge < -0.3 is 5.11 Å². The summed E-state index contributed by atoms with van der Waals surface area (Å²) in [5.41, 5.74) is 1.31. The molecule has 0 atom stereocenters. The number of aromatic nitrogens is 1. The maximum absolute atomic E-state index is 9.45. The number of para-hydroxylation sites is 2. The number of aliphatic imine (C=N–C) groups is 1. The van der Waals surface area contributed by atoms with E-state index >= 15 is 0 Å². The first kappa shape index (κ1) is 15.0. The second-order valence-corrected chi connectivity index (χ2v) is 5.17. The Bertz CT molecular complexity index is 494. The van der Waals surface area contributed by atoms with Crippen LogP contribution in [-0.4, -0.2) is 16.3 Å². The maximum atomic E-state index is 9.45. The molecule has 0 saturated carbocycles. The van der Waals surface area contributed by atoms with Crippen LogP contribution in [0.15, 0.2) is 53.7 Å². The zero-order chi connectivity index (χ0) is 13.2. The number of aromatic hydroxyl groups is 1. The Hall–Kier alpha value is -1.05. The quantitative estimate of drug-likeness (QED) is 0.852. The number of pyridine rings is 1. The molecule has 0 aliphatic heterocycles. The molecule has 2 aromatic rings. The van der Waals surface area contributed by atoms with E-state index in [0.717, 1.165) is 5.69 Å². The van der Waals surface area contributed by atoms with Crippen molar-refractivity contribution in [3.8, 4) is 5.75 Å². The van der Waals surface area contributed by atoms with E-state index in [-0.39, 0.29) is 19.1 Å². The molecule has 6 heteroatoms. The molecule has 3 nitrogen and oxygen atoms in total. The van der Waals surface area contributed by atoms with E-state index in [1.165, 1.54) is 0 Å². The molecule has 0 radical (unpaired) electrons. The Morgan fingerprint density at radius 1 is 1.11 bits per heavy atom. The number of hydrogen-bond donors (Lipinski definition) is 1. The van der Waals surface area contributed by atoms with Crippen molar-refractivity contribution in [1.82, 2.24) is 4.98 Å². The van der Waals surface area contributed by atoms with Gasteiger partial charge in [-0.2, -0.15) is 0 Å². The average molecular weight is 321 g/mol. The van der Waals surface area contributed by atoms with Crippen LogP contribution in [0.5, 0.6) is 5.75 Å². The van der Waals surface area contributed by atoms with Crippen molar-refractivity contribution in [3.05, 3.63) is 54.4 Å². The van der Waals surface area contributed by atoms with E-state index in [1.807, 2.05) is 24.3 Å². The van der Waals surface area contributed by atoms with Gasteiger partial charge in [-0.05, 0) is 24.3 Å². The van der Waals surface area contributed by atoms with Crippen molar-refractivity contribution in [2.45, 2.75) is 0 Å². The molecule has 1 heterocycles. The van der Waals surface area contributed by atoms with Gasteiger partial charge in [0, 0.05) is 6.20 Å². The Labute approximate surface area is 120 Å². The van der Waals surface area contributed by atoms with Gasteiger partial charge in [0.15, 0.2) is 0 Å². The minimum absolute atomic E-state index is 0.171. The molecule has 0 bridgehead atoms. The second-order valence-electron chi connectivity index (χ2n) is 3.06. The molecule has 1 N–H and O–H groups in total. The van der Waals surface area contributed by atoms with Crippen molar-refractivity contribution >= 4 is 32.0 Å². The molecule has 0 spiro atoms. The van der Waals surface area contributed by atoms with Gasteiger partial charge in [-0.25, -0.2) is 0 Å². The van der Waals surface area contributed by atoms with E-state index in [4.69, 9.17) is 20.1 Å². The molecule has 0 amide bonds. The summed E-state index contributed by atoms with van der Waals surface area (Å²) < 4.78 is 0. The zero-order valence-corrected chi connectivity index (χ0v) is 12.0. The Morgan fingerprint density at radius 2 is 1.78 bits per heavy atom. The molecule has 0 unspecified atom stereocenters. The standard InChI is InChI=1S/C12H10N2O.2ClH.Cr/c15-12-7-2-1-6-11(12)14-9-10-5-3-4-8-13-10;;;/h1-9,15H;2*1H;/q;;;+2/p-2. The van der Waals surface area contributed by atoms with Crippen LogP contribution in [0.4, 0.5) is 5.69 Å². The molecule has 1 aromatic carbocycles. The molecule has 0 aliphatic rings. The Balaban J connectivity index is 0.000000492. The van der Waals surface area contributed by atoms with E-state index < -0.39 is 0 Å². The van der Waals surface area contributed by atoms with Crippen LogP contribution in [-0.2, 0) is 13.4 Å². The molecule has 0 aliphatic carbocycles. The third-order valence-electron chi connectivity index (χ3n) is 1.91. The zero-order valence-electron chi connectivity index (χ0n) is 9.20. The van der Waals surface area contributed by atoms with Crippen LogP contribution in [0.1, 0.15) is 5.69 Å². The molecule has 94 valence electrons. The van der Waals surface area contributed by atoms with Gasteiger partial charge >= 0.3 is 33.5 Å². The van der Waals surface area contributed by atoms with Crippen molar-refractivity contribution in [1.29, 1.82) is 0 Å². The number of benzene rings is 1.